The molecule has 0 aromatic carbocycles. The number of sulfone groups is 2. The second-order valence-corrected chi connectivity index (χ2v) is 8.37. The lowest BCUT2D eigenvalue weighted by Crippen LogP contribution is -2.25. The minimum absolute atomic E-state index is 0.580. The summed E-state index contributed by atoms with van der Waals surface area (Å²) < 4.78 is 81.2. The molecule has 0 amide bonds. The van der Waals surface area contributed by atoms with Crippen LogP contribution in [-0.2, 0) is 19.7 Å². The zero-order valence-corrected chi connectivity index (χ0v) is 9.83. The van der Waals surface area contributed by atoms with Crippen LogP contribution in [0.5, 0.6) is 0 Å². The Balaban J connectivity index is 2.91. The van der Waals surface area contributed by atoms with Crippen molar-refractivity contribution in [2.75, 3.05) is 23.0 Å². The maximum atomic E-state index is 12.1. The summed E-state index contributed by atoms with van der Waals surface area (Å²) in [6.45, 7) is 0. The van der Waals surface area contributed by atoms with Crippen LogP contribution in [0.3, 0.4) is 0 Å². The van der Waals surface area contributed by atoms with E-state index < -0.39 is 61.2 Å². The highest BCUT2D eigenvalue weighted by Gasteiger charge is 2.38. The molecule has 1 rings (SSSR count). The fourth-order valence-corrected chi connectivity index (χ4v) is 6.05. The fourth-order valence-electron chi connectivity index (χ4n) is 1.63. The van der Waals surface area contributed by atoms with Gasteiger partial charge in [-0.2, -0.15) is 13.2 Å². The van der Waals surface area contributed by atoms with Gasteiger partial charge in [0.2, 0.25) is 0 Å². The average Bonchev–Trinajstić information content (AvgIpc) is 2.03. The summed E-state index contributed by atoms with van der Waals surface area (Å²) in [5, 5.41) is 0. The van der Waals surface area contributed by atoms with Crippen molar-refractivity contribution in [3.05, 3.63) is 0 Å². The van der Waals surface area contributed by atoms with E-state index in [4.69, 9.17) is 0 Å². The van der Waals surface area contributed by atoms with Crippen LogP contribution in [0.15, 0.2) is 0 Å². The van der Waals surface area contributed by atoms with Crippen molar-refractivity contribution in [2.45, 2.75) is 12.6 Å². The van der Waals surface area contributed by atoms with E-state index in [9.17, 15) is 30.0 Å². The molecule has 1 fully saturated rings. The van der Waals surface area contributed by atoms with Gasteiger partial charge in [-0.25, -0.2) is 16.8 Å². The topological polar surface area (TPSA) is 68.3 Å². The number of hydrogen-bond donors (Lipinski definition) is 0. The van der Waals surface area contributed by atoms with E-state index in [1.807, 2.05) is 0 Å². The molecule has 0 saturated carbocycles. The predicted octanol–water partition coefficient (Wildman–Crippen LogP) is 0.398. The molecule has 0 radical (unpaired) electrons. The van der Waals surface area contributed by atoms with E-state index >= 15 is 0 Å². The molecule has 0 atom stereocenters. The van der Waals surface area contributed by atoms with Crippen molar-refractivity contribution in [1.29, 1.82) is 0 Å². The zero-order valence-electron chi connectivity index (χ0n) is 8.20. The summed E-state index contributed by atoms with van der Waals surface area (Å²) >= 11 is 0. The predicted molar refractivity (Wildman–Crippen MR) is 51.5 cm³/mol. The van der Waals surface area contributed by atoms with Crippen LogP contribution in [0, 0.1) is 5.92 Å². The van der Waals surface area contributed by atoms with Gasteiger partial charge in [0.15, 0.2) is 19.7 Å². The second kappa shape index (κ2) is 4.17. The molecule has 1 saturated heterocycles. The zero-order chi connectivity index (χ0) is 12.6. The Morgan fingerprint density at radius 1 is 0.938 bits per heavy atom. The number of halogens is 3. The standard InChI is InChI=1S/C7H11F3O4S2/c8-7(9,10)3-6-4-15(11,12)1-2-16(13,14)5-6/h6H,1-5H2. The molecular weight excluding hydrogens is 269 g/mol. The van der Waals surface area contributed by atoms with Crippen LogP contribution in [0.4, 0.5) is 13.2 Å². The molecule has 96 valence electrons. The number of hydrogen-bond acceptors (Lipinski definition) is 4. The summed E-state index contributed by atoms with van der Waals surface area (Å²) in [6.07, 6.45) is -5.91. The molecule has 0 spiro atoms. The quantitative estimate of drug-likeness (QED) is 0.697. The molecule has 0 aromatic heterocycles. The van der Waals surface area contributed by atoms with Crippen LogP contribution in [-0.4, -0.2) is 46.0 Å². The maximum absolute atomic E-state index is 12.1. The monoisotopic (exact) mass is 280 g/mol. The summed E-state index contributed by atoms with van der Waals surface area (Å²) in [4.78, 5) is 0. The first-order valence-electron chi connectivity index (χ1n) is 4.47. The Morgan fingerprint density at radius 2 is 1.31 bits per heavy atom. The molecule has 0 aliphatic carbocycles. The molecule has 0 bridgehead atoms. The first-order chi connectivity index (χ1) is 6.99. The smallest absolute Gasteiger partial charge is 0.229 e. The van der Waals surface area contributed by atoms with Crippen LogP contribution in [0.2, 0.25) is 0 Å². The Kier molecular flexibility index (Phi) is 3.59. The maximum Gasteiger partial charge on any atom is 0.389 e. The van der Waals surface area contributed by atoms with Crippen LogP contribution >= 0.6 is 0 Å². The highest BCUT2D eigenvalue weighted by Crippen LogP contribution is 2.28. The minimum atomic E-state index is -4.54. The molecule has 9 heteroatoms. The lowest BCUT2D eigenvalue weighted by molar-refractivity contribution is -0.141. The second-order valence-electron chi connectivity index (χ2n) is 3.91. The van der Waals surface area contributed by atoms with Gasteiger partial charge < -0.3 is 0 Å². The number of rotatable bonds is 1. The van der Waals surface area contributed by atoms with Gasteiger partial charge >= 0.3 is 6.18 Å². The Hall–Kier alpha value is -0.310. The van der Waals surface area contributed by atoms with E-state index in [2.05, 4.69) is 0 Å². The minimum Gasteiger partial charge on any atom is -0.229 e. The van der Waals surface area contributed by atoms with Crippen LogP contribution < -0.4 is 0 Å². The molecule has 4 nitrogen and oxygen atoms in total. The molecule has 16 heavy (non-hydrogen) atoms. The highest BCUT2D eigenvalue weighted by atomic mass is 32.2. The molecular formula is C7H11F3O4S2. The van der Waals surface area contributed by atoms with Crippen molar-refractivity contribution in [1.82, 2.24) is 0 Å². The summed E-state index contributed by atoms with van der Waals surface area (Å²) in [5.41, 5.74) is 0. The van der Waals surface area contributed by atoms with Gasteiger partial charge in [0.1, 0.15) is 0 Å². The molecule has 0 aromatic rings. The normalized spacial score (nSPS) is 26.2. The largest absolute Gasteiger partial charge is 0.389 e. The van der Waals surface area contributed by atoms with E-state index in [-0.39, 0.29) is 0 Å². The molecule has 1 aliphatic rings. The third-order valence-electron chi connectivity index (χ3n) is 2.20. The van der Waals surface area contributed by atoms with E-state index in [0.717, 1.165) is 0 Å². The van der Waals surface area contributed by atoms with Crippen molar-refractivity contribution in [3.8, 4) is 0 Å². The molecule has 0 N–H and O–H groups in total. The van der Waals surface area contributed by atoms with E-state index in [1.54, 1.807) is 0 Å². The van der Waals surface area contributed by atoms with Gasteiger partial charge in [-0.15, -0.1) is 0 Å². The first kappa shape index (κ1) is 13.8. The molecule has 1 aliphatic heterocycles. The third-order valence-corrected chi connectivity index (χ3v) is 6.07. The lowest BCUT2D eigenvalue weighted by atomic mass is 10.1. The van der Waals surface area contributed by atoms with Crippen LogP contribution in [0.1, 0.15) is 6.42 Å². The fraction of sp³-hybridized carbons (Fsp3) is 1.00. The van der Waals surface area contributed by atoms with Crippen molar-refractivity contribution >= 4 is 19.7 Å². The van der Waals surface area contributed by atoms with Gasteiger partial charge in [-0.05, 0) is 5.92 Å². The summed E-state index contributed by atoms with van der Waals surface area (Å²) in [6, 6.07) is 0. The van der Waals surface area contributed by atoms with Crippen molar-refractivity contribution in [2.24, 2.45) is 5.92 Å². The summed E-state index contributed by atoms with van der Waals surface area (Å²) in [5.74, 6) is -3.94. The SMILES string of the molecule is O=S1(=O)CCS(=O)(=O)CC(CC(F)(F)F)C1. The van der Waals surface area contributed by atoms with Gasteiger partial charge in [0.25, 0.3) is 0 Å². The van der Waals surface area contributed by atoms with E-state index in [0.29, 0.717) is 0 Å². The van der Waals surface area contributed by atoms with Crippen LogP contribution in [0.25, 0.3) is 0 Å². The Bertz CT molecular complexity index is 413. The van der Waals surface area contributed by atoms with E-state index in [1.165, 1.54) is 0 Å². The van der Waals surface area contributed by atoms with Gasteiger partial charge in [0, 0.05) is 6.42 Å². The lowest BCUT2D eigenvalue weighted by Gasteiger charge is -2.14. The number of alkyl halides is 3. The van der Waals surface area contributed by atoms with Gasteiger partial charge in [-0.1, -0.05) is 0 Å². The Morgan fingerprint density at radius 3 is 1.62 bits per heavy atom. The molecule has 1 heterocycles. The van der Waals surface area contributed by atoms with Gasteiger partial charge in [-0.3, -0.25) is 0 Å². The average molecular weight is 280 g/mol. The highest BCUT2D eigenvalue weighted by molar-refractivity contribution is 7.95. The molecule has 0 unspecified atom stereocenters. The van der Waals surface area contributed by atoms with Gasteiger partial charge in [0.05, 0.1) is 23.0 Å². The summed E-state index contributed by atoms with van der Waals surface area (Å²) in [7, 11) is -7.38. The Labute approximate surface area is 91.7 Å². The van der Waals surface area contributed by atoms with Crippen molar-refractivity contribution < 1.29 is 30.0 Å². The third kappa shape index (κ3) is 4.69. The first-order valence-corrected chi connectivity index (χ1v) is 8.11. The van der Waals surface area contributed by atoms with Crippen molar-refractivity contribution in [3.63, 3.8) is 0 Å².